The van der Waals surface area contributed by atoms with Crippen molar-refractivity contribution >= 4 is 6.09 Å². The van der Waals surface area contributed by atoms with Crippen molar-refractivity contribution in [3.05, 3.63) is 29.6 Å². The molecule has 1 unspecified atom stereocenters. The van der Waals surface area contributed by atoms with Gasteiger partial charge in [-0.3, -0.25) is 10.2 Å². The van der Waals surface area contributed by atoms with Gasteiger partial charge in [-0.2, -0.15) is 18.2 Å². The molecule has 1 rings (SSSR count). The quantitative estimate of drug-likeness (QED) is 0.682. The van der Waals surface area contributed by atoms with Crippen LogP contribution < -0.4 is 0 Å². The van der Waals surface area contributed by atoms with Gasteiger partial charge in [0.05, 0.1) is 6.04 Å². The number of ether oxygens (including phenoxy) is 1. The number of hydrogen-bond donors (Lipinski definition) is 1. The van der Waals surface area contributed by atoms with Crippen LogP contribution >= 0.6 is 0 Å². The molecule has 0 saturated carbocycles. The highest BCUT2D eigenvalue weighted by atomic mass is 19.4. The van der Waals surface area contributed by atoms with E-state index in [0.29, 0.717) is 10.6 Å². The predicted octanol–water partition coefficient (Wildman–Crippen LogP) is 3.66. The third-order valence-corrected chi connectivity index (χ3v) is 2.64. The Kier molecular flexibility index (Phi) is 5.39. The van der Waals surface area contributed by atoms with Crippen molar-refractivity contribution in [3.63, 3.8) is 0 Å². The Morgan fingerprint density at radius 3 is 2.36 bits per heavy atom. The van der Waals surface area contributed by atoms with Crippen LogP contribution in [0.25, 0.3) is 0 Å². The fraction of sp³-hybridized carbons (Fsp3) is 0.571. The van der Waals surface area contributed by atoms with Crippen LogP contribution in [0.4, 0.5) is 18.0 Å². The second-order valence-corrected chi connectivity index (χ2v) is 5.93. The van der Waals surface area contributed by atoms with Crippen LogP contribution in [0.5, 0.6) is 0 Å². The van der Waals surface area contributed by atoms with Crippen LogP contribution in [0.2, 0.25) is 0 Å². The first-order valence-corrected chi connectivity index (χ1v) is 6.63. The molecular formula is C14H19F3N2O3. The van der Waals surface area contributed by atoms with Crippen molar-refractivity contribution in [3.8, 4) is 0 Å². The molecule has 0 aliphatic carbocycles. The summed E-state index contributed by atoms with van der Waals surface area (Å²) in [6.45, 7) is 6.51. The summed E-state index contributed by atoms with van der Waals surface area (Å²) in [4.78, 5) is 15.0. The van der Waals surface area contributed by atoms with Gasteiger partial charge < -0.3 is 4.74 Å². The largest absolute Gasteiger partial charge is 0.442 e. The second-order valence-electron chi connectivity index (χ2n) is 5.93. The summed E-state index contributed by atoms with van der Waals surface area (Å²) in [5.74, 6) is 0. The highest BCUT2D eigenvalue weighted by Gasteiger charge is 2.32. The predicted molar refractivity (Wildman–Crippen MR) is 72.3 cm³/mol. The van der Waals surface area contributed by atoms with E-state index >= 15 is 0 Å². The molecule has 22 heavy (non-hydrogen) atoms. The average molecular weight is 320 g/mol. The molecule has 5 nitrogen and oxygen atoms in total. The topological polar surface area (TPSA) is 62.7 Å². The Morgan fingerprint density at radius 1 is 1.36 bits per heavy atom. The maximum atomic E-state index is 12.4. The van der Waals surface area contributed by atoms with Crippen LogP contribution in [-0.2, 0) is 17.3 Å². The number of halogens is 3. The van der Waals surface area contributed by atoms with Crippen LogP contribution in [0.1, 0.15) is 39.0 Å². The molecule has 8 heteroatoms. The zero-order valence-electron chi connectivity index (χ0n) is 12.8. The van der Waals surface area contributed by atoms with E-state index in [0.717, 1.165) is 12.3 Å². The number of amides is 1. The maximum absolute atomic E-state index is 12.4. The molecule has 1 amide bonds. The minimum atomic E-state index is -4.50. The first kappa shape index (κ1) is 18.2. The number of carbonyl (C=O) groups is 1. The second kappa shape index (κ2) is 6.51. The van der Waals surface area contributed by atoms with E-state index in [2.05, 4.69) is 4.98 Å². The number of pyridine rings is 1. The maximum Gasteiger partial charge on any atom is 0.434 e. The molecular weight excluding hydrogens is 301 g/mol. The van der Waals surface area contributed by atoms with E-state index < -0.39 is 29.6 Å². The molecule has 0 aliphatic rings. The third-order valence-electron chi connectivity index (χ3n) is 2.64. The fourth-order valence-electron chi connectivity index (χ4n) is 1.63. The van der Waals surface area contributed by atoms with Gasteiger partial charge in [-0.05, 0) is 45.7 Å². The van der Waals surface area contributed by atoms with Gasteiger partial charge in [-0.1, -0.05) is 6.07 Å². The summed E-state index contributed by atoms with van der Waals surface area (Å²) >= 11 is 0. The summed E-state index contributed by atoms with van der Waals surface area (Å²) in [7, 11) is 0. The summed E-state index contributed by atoms with van der Waals surface area (Å²) in [6, 6.07) is 1.44. The molecule has 0 radical (unpaired) electrons. The standard InChI is InChI=1S/C14H19F3N2O3/c1-9(19(21)12(20)22-13(2,3)4)7-10-5-6-11(18-8-10)14(15,16)17/h5-6,8-9,21H,7H2,1-4H3. The first-order valence-electron chi connectivity index (χ1n) is 6.63. The van der Waals surface area contributed by atoms with E-state index in [1.807, 2.05) is 0 Å². The van der Waals surface area contributed by atoms with Gasteiger partial charge in [-0.25, -0.2) is 4.79 Å². The van der Waals surface area contributed by atoms with Crippen molar-refractivity contribution in [1.29, 1.82) is 0 Å². The zero-order chi connectivity index (χ0) is 17.1. The van der Waals surface area contributed by atoms with Crippen molar-refractivity contribution in [1.82, 2.24) is 10.0 Å². The number of alkyl halides is 3. The smallest absolute Gasteiger partial charge is 0.434 e. The molecule has 1 atom stereocenters. The number of hydroxylamine groups is 2. The lowest BCUT2D eigenvalue weighted by Crippen LogP contribution is -2.40. The molecule has 1 heterocycles. The molecule has 0 bridgehead atoms. The lowest BCUT2D eigenvalue weighted by Gasteiger charge is -2.26. The van der Waals surface area contributed by atoms with Crippen LogP contribution in [-0.4, -0.2) is 33.0 Å². The van der Waals surface area contributed by atoms with Crippen molar-refractivity contribution in [2.45, 2.75) is 51.9 Å². The molecule has 0 saturated heterocycles. The minimum Gasteiger partial charge on any atom is -0.442 e. The summed E-state index contributed by atoms with van der Waals surface area (Å²) in [5, 5.41) is 10.2. The highest BCUT2D eigenvalue weighted by Crippen LogP contribution is 2.27. The zero-order valence-corrected chi connectivity index (χ0v) is 12.8. The molecule has 1 aromatic rings. The molecule has 124 valence electrons. The molecule has 0 aromatic carbocycles. The average Bonchev–Trinajstić information content (AvgIpc) is 2.35. The van der Waals surface area contributed by atoms with E-state index in [9.17, 15) is 23.2 Å². The molecule has 1 N–H and O–H groups in total. The van der Waals surface area contributed by atoms with Gasteiger partial charge in [0.25, 0.3) is 0 Å². The number of hydrogen-bond acceptors (Lipinski definition) is 4. The van der Waals surface area contributed by atoms with Crippen LogP contribution in [0.15, 0.2) is 18.3 Å². The van der Waals surface area contributed by atoms with Gasteiger partial charge in [0.2, 0.25) is 0 Å². The Morgan fingerprint density at radius 2 is 1.95 bits per heavy atom. The number of nitrogens with zero attached hydrogens (tertiary/aromatic N) is 2. The lowest BCUT2D eigenvalue weighted by atomic mass is 10.1. The molecule has 0 spiro atoms. The van der Waals surface area contributed by atoms with Crippen molar-refractivity contribution in [2.24, 2.45) is 0 Å². The van der Waals surface area contributed by atoms with E-state index in [1.165, 1.54) is 6.07 Å². The summed E-state index contributed by atoms with van der Waals surface area (Å²) in [6.07, 6.45) is -4.20. The van der Waals surface area contributed by atoms with Crippen molar-refractivity contribution in [2.75, 3.05) is 0 Å². The van der Waals surface area contributed by atoms with E-state index in [4.69, 9.17) is 4.74 Å². The highest BCUT2D eigenvalue weighted by molar-refractivity contribution is 5.67. The first-order chi connectivity index (χ1) is 9.90. The minimum absolute atomic E-state index is 0.140. The Bertz CT molecular complexity index is 510. The fourth-order valence-corrected chi connectivity index (χ4v) is 1.63. The van der Waals surface area contributed by atoms with Crippen molar-refractivity contribution < 1.29 is 27.9 Å². The van der Waals surface area contributed by atoms with Gasteiger partial charge in [0.15, 0.2) is 0 Å². The lowest BCUT2D eigenvalue weighted by molar-refractivity contribution is -0.141. The Hall–Kier alpha value is -1.83. The monoisotopic (exact) mass is 320 g/mol. The van der Waals surface area contributed by atoms with Gasteiger partial charge in [0.1, 0.15) is 11.3 Å². The van der Waals surface area contributed by atoms with Crippen LogP contribution in [0, 0.1) is 0 Å². The van der Waals surface area contributed by atoms with Gasteiger partial charge >= 0.3 is 12.3 Å². The van der Waals surface area contributed by atoms with Gasteiger partial charge in [-0.15, -0.1) is 0 Å². The SMILES string of the molecule is CC(Cc1ccc(C(F)(F)F)nc1)N(O)C(=O)OC(C)(C)C. The molecule has 0 aliphatic heterocycles. The van der Waals surface area contributed by atoms with E-state index in [1.54, 1.807) is 27.7 Å². The summed E-state index contributed by atoms with van der Waals surface area (Å²) < 4.78 is 42.2. The normalized spacial score (nSPS) is 13.6. The summed E-state index contributed by atoms with van der Waals surface area (Å²) in [5.41, 5.74) is -1.28. The number of carbonyl (C=O) groups excluding carboxylic acids is 1. The van der Waals surface area contributed by atoms with E-state index in [-0.39, 0.29) is 6.42 Å². The molecule has 0 fully saturated rings. The van der Waals surface area contributed by atoms with Crippen LogP contribution in [0.3, 0.4) is 0 Å². The molecule has 1 aromatic heterocycles. The number of rotatable bonds is 3. The van der Waals surface area contributed by atoms with Gasteiger partial charge in [0, 0.05) is 6.20 Å². The Labute approximate surface area is 126 Å². The Balaban J connectivity index is 2.68. The third kappa shape index (κ3) is 5.51. The number of aromatic nitrogens is 1.